The molecule has 1 heterocycles. The molecule has 0 aromatic rings. The van der Waals surface area contributed by atoms with Crippen molar-refractivity contribution in [2.75, 3.05) is 26.2 Å². The Bertz CT molecular complexity index is 182. The predicted octanol–water partition coefficient (Wildman–Crippen LogP) is -0.343. The van der Waals surface area contributed by atoms with Gasteiger partial charge in [0.15, 0.2) is 0 Å². The molecule has 0 aliphatic carbocycles. The van der Waals surface area contributed by atoms with E-state index >= 15 is 0 Å². The van der Waals surface area contributed by atoms with Crippen LogP contribution in [0.3, 0.4) is 0 Å². The first-order valence-electron chi connectivity index (χ1n) is 4.52. The van der Waals surface area contributed by atoms with Gasteiger partial charge in [-0.1, -0.05) is 0 Å². The average Bonchev–Trinajstić information content (AvgIpc) is 2.02. The number of carbonyl (C=O) groups excluding carboxylic acids is 1. The van der Waals surface area contributed by atoms with Gasteiger partial charge < -0.3 is 14.6 Å². The Morgan fingerprint density at radius 1 is 1.69 bits per heavy atom. The highest BCUT2D eigenvalue weighted by Gasteiger charge is 2.32. The van der Waals surface area contributed by atoms with Crippen LogP contribution in [0.1, 0.15) is 13.8 Å². The summed E-state index contributed by atoms with van der Waals surface area (Å²) in [7, 11) is 0. The lowest BCUT2D eigenvalue weighted by Gasteiger charge is -2.41. The molecule has 0 spiro atoms. The van der Waals surface area contributed by atoms with E-state index in [0.717, 1.165) is 12.8 Å². The van der Waals surface area contributed by atoms with Crippen molar-refractivity contribution in [3.05, 3.63) is 0 Å². The maximum atomic E-state index is 10.3. The van der Waals surface area contributed by atoms with Crippen molar-refractivity contribution in [3.63, 3.8) is 0 Å². The number of nitrogens with zero attached hydrogens (tertiary/aromatic N) is 1. The number of ether oxygens (including phenoxy) is 1. The zero-order valence-electron chi connectivity index (χ0n) is 8.19. The third-order valence-electron chi connectivity index (χ3n) is 2.09. The molecule has 76 valence electrons. The molecule has 1 saturated heterocycles. The topological polar surface area (TPSA) is 49.8 Å². The van der Waals surface area contributed by atoms with Gasteiger partial charge in [0.25, 0.3) is 0 Å². The van der Waals surface area contributed by atoms with Crippen molar-refractivity contribution in [2.24, 2.45) is 0 Å². The van der Waals surface area contributed by atoms with Crippen LogP contribution >= 0.6 is 0 Å². The summed E-state index contributed by atoms with van der Waals surface area (Å²) in [6.45, 7) is 5.74. The molecule has 0 bridgehead atoms. The Morgan fingerprint density at radius 2 is 2.38 bits per heavy atom. The summed E-state index contributed by atoms with van der Waals surface area (Å²) in [6, 6.07) is 0. The van der Waals surface area contributed by atoms with Crippen LogP contribution in [-0.4, -0.2) is 54.2 Å². The first-order valence-corrected chi connectivity index (χ1v) is 4.52. The van der Waals surface area contributed by atoms with E-state index < -0.39 is 0 Å². The molecule has 1 fully saturated rings. The third kappa shape index (κ3) is 3.06. The number of hydrogen-bond acceptors (Lipinski definition) is 4. The van der Waals surface area contributed by atoms with Crippen molar-refractivity contribution >= 4 is 6.29 Å². The van der Waals surface area contributed by atoms with Crippen molar-refractivity contribution in [3.8, 4) is 0 Å². The summed E-state index contributed by atoms with van der Waals surface area (Å²) in [5, 5.41) is 8.97. The van der Waals surface area contributed by atoms with E-state index in [2.05, 4.69) is 0 Å². The number of aldehydes is 1. The standard InChI is InChI=1S/C9H17NO3/c1-9(2)7-10(3-4-11)5-8(6-12)13-9/h4,8,12H,3,5-7H2,1-2H3. The van der Waals surface area contributed by atoms with E-state index in [9.17, 15) is 4.79 Å². The van der Waals surface area contributed by atoms with Gasteiger partial charge in [0, 0.05) is 13.1 Å². The maximum Gasteiger partial charge on any atom is 0.133 e. The molecular formula is C9H17NO3. The van der Waals surface area contributed by atoms with Crippen molar-refractivity contribution in [1.82, 2.24) is 4.90 Å². The minimum Gasteiger partial charge on any atom is -0.394 e. The number of morpholine rings is 1. The highest BCUT2D eigenvalue weighted by Crippen LogP contribution is 2.19. The highest BCUT2D eigenvalue weighted by atomic mass is 16.5. The number of aliphatic hydroxyl groups excluding tert-OH is 1. The van der Waals surface area contributed by atoms with E-state index in [1.807, 2.05) is 18.7 Å². The first kappa shape index (κ1) is 10.6. The normalized spacial score (nSPS) is 28.7. The van der Waals surface area contributed by atoms with Gasteiger partial charge in [-0.3, -0.25) is 4.90 Å². The summed E-state index contributed by atoms with van der Waals surface area (Å²) in [4.78, 5) is 12.3. The van der Waals surface area contributed by atoms with Crippen LogP contribution < -0.4 is 0 Å². The van der Waals surface area contributed by atoms with Crippen LogP contribution in [-0.2, 0) is 9.53 Å². The summed E-state index contributed by atoms with van der Waals surface area (Å²) < 4.78 is 5.59. The van der Waals surface area contributed by atoms with Gasteiger partial charge in [0.05, 0.1) is 24.9 Å². The number of carbonyl (C=O) groups is 1. The number of rotatable bonds is 3. The van der Waals surface area contributed by atoms with Gasteiger partial charge in [0.1, 0.15) is 6.29 Å². The molecule has 0 radical (unpaired) electrons. The maximum absolute atomic E-state index is 10.3. The molecule has 0 aromatic carbocycles. The highest BCUT2D eigenvalue weighted by molar-refractivity contribution is 5.52. The molecule has 1 N–H and O–H groups in total. The molecule has 0 amide bonds. The SMILES string of the molecule is CC1(C)CN(CC=O)CC(CO)O1. The molecule has 0 aromatic heterocycles. The van der Waals surface area contributed by atoms with Gasteiger partial charge in [-0.05, 0) is 13.8 Å². The minimum absolute atomic E-state index is 0.0127. The monoisotopic (exact) mass is 187 g/mol. The second-order valence-corrected chi connectivity index (χ2v) is 4.04. The molecule has 4 nitrogen and oxygen atoms in total. The lowest BCUT2D eigenvalue weighted by atomic mass is 10.1. The van der Waals surface area contributed by atoms with Crippen LogP contribution in [0, 0.1) is 0 Å². The van der Waals surface area contributed by atoms with E-state index in [4.69, 9.17) is 9.84 Å². The largest absolute Gasteiger partial charge is 0.394 e. The van der Waals surface area contributed by atoms with E-state index in [0.29, 0.717) is 13.1 Å². The molecule has 1 unspecified atom stereocenters. The zero-order chi connectivity index (χ0) is 9.90. The average molecular weight is 187 g/mol. The Kier molecular flexibility index (Phi) is 3.41. The van der Waals surface area contributed by atoms with E-state index in [-0.39, 0.29) is 18.3 Å². The van der Waals surface area contributed by atoms with Gasteiger partial charge in [-0.25, -0.2) is 0 Å². The molecule has 4 heteroatoms. The third-order valence-corrected chi connectivity index (χ3v) is 2.09. The predicted molar refractivity (Wildman–Crippen MR) is 48.5 cm³/mol. The summed E-state index contributed by atoms with van der Waals surface area (Å²) in [5.41, 5.74) is -0.269. The van der Waals surface area contributed by atoms with Gasteiger partial charge in [-0.15, -0.1) is 0 Å². The lowest BCUT2D eigenvalue weighted by molar-refractivity contribution is -0.150. The van der Waals surface area contributed by atoms with Crippen LogP contribution in [0.4, 0.5) is 0 Å². The molecule has 1 aliphatic heterocycles. The van der Waals surface area contributed by atoms with Crippen LogP contribution in [0.15, 0.2) is 0 Å². The van der Waals surface area contributed by atoms with Crippen LogP contribution in [0.2, 0.25) is 0 Å². The van der Waals surface area contributed by atoms with Crippen molar-refractivity contribution < 1.29 is 14.6 Å². The smallest absolute Gasteiger partial charge is 0.133 e. The lowest BCUT2D eigenvalue weighted by Crippen LogP contribution is -2.54. The fourth-order valence-corrected chi connectivity index (χ4v) is 1.76. The molecule has 1 atom stereocenters. The summed E-state index contributed by atoms with van der Waals surface area (Å²) in [5.74, 6) is 0. The fourth-order valence-electron chi connectivity index (χ4n) is 1.76. The second kappa shape index (κ2) is 4.17. The Balaban J connectivity index is 2.54. The van der Waals surface area contributed by atoms with Gasteiger partial charge in [0.2, 0.25) is 0 Å². The Labute approximate surface area is 78.5 Å². The zero-order valence-corrected chi connectivity index (χ0v) is 8.19. The molecule has 13 heavy (non-hydrogen) atoms. The summed E-state index contributed by atoms with van der Waals surface area (Å²) >= 11 is 0. The molecular weight excluding hydrogens is 170 g/mol. The molecule has 1 rings (SSSR count). The van der Waals surface area contributed by atoms with Crippen LogP contribution in [0.25, 0.3) is 0 Å². The van der Waals surface area contributed by atoms with E-state index in [1.165, 1.54) is 0 Å². The molecule has 0 saturated carbocycles. The van der Waals surface area contributed by atoms with Crippen LogP contribution in [0.5, 0.6) is 0 Å². The van der Waals surface area contributed by atoms with Gasteiger partial charge >= 0.3 is 0 Å². The first-order chi connectivity index (χ1) is 6.07. The minimum atomic E-state index is -0.269. The van der Waals surface area contributed by atoms with Gasteiger partial charge in [-0.2, -0.15) is 0 Å². The van der Waals surface area contributed by atoms with E-state index in [1.54, 1.807) is 0 Å². The molecule has 1 aliphatic rings. The Hall–Kier alpha value is -0.450. The van der Waals surface area contributed by atoms with Crippen molar-refractivity contribution in [2.45, 2.75) is 25.6 Å². The number of hydrogen-bond donors (Lipinski definition) is 1. The fraction of sp³-hybridized carbons (Fsp3) is 0.889. The second-order valence-electron chi connectivity index (χ2n) is 4.04. The summed E-state index contributed by atoms with van der Waals surface area (Å²) in [6.07, 6.45) is 0.722. The number of aliphatic hydroxyl groups is 1. The van der Waals surface area contributed by atoms with Crippen molar-refractivity contribution in [1.29, 1.82) is 0 Å². The Morgan fingerprint density at radius 3 is 2.92 bits per heavy atom. The quantitative estimate of drug-likeness (QED) is 0.614.